The molecule has 1 aromatic heterocycles. The van der Waals surface area contributed by atoms with Crippen molar-refractivity contribution < 1.29 is 5.11 Å². The second kappa shape index (κ2) is 4.89. The number of aliphatic hydroxyl groups is 1. The van der Waals surface area contributed by atoms with E-state index in [1.165, 1.54) is 0 Å². The Morgan fingerprint density at radius 1 is 1.50 bits per heavy atom. The second-order valence-corrected chi connectivity index (χ2v) is 4.85. The molecule has 78 valence electrons. The van der Waals surface area contributed by atoms with Crippen LogP contribution in [-0.4, -0.2) is 16.2 Å². The van der Waals surface area contributed by atoms with Crippen LogP contribution in [0, 0.1) is 12.8 Å². The van der Waals surface area contributed by atoms with Gasteiger partial charge in [0.05, 0.1) is 6.10 Å². The lowest BCUT2D eigenvalue weighted by molar-refractivity contribution is 0.124. The number of aryl methyl sites for hydroxylation is 1. The molecule has 0 aromatic carbocycles. The van der Waals surface area contributed by atoms with Gasteiger partial charge in [0.25, 0.3) is 0 Å². The average molecular weight is 258 g/mol. The van der Waals surface area contributed by atoms with Gasteiger partial charge in [-0.15, -0.1) is 0 Å². The first kappa shape index (κ1) is 11.7. The van der Waals surface area contributed by atoms with Gasteiger partial charge in [-0.05, 0) is 40.4 Å². The van der Waals surface area contributed by atoms with Crippen molar-refractivity contribution in [3.63, 3.8) is 0 Å². The molecule has 0 aliphatic carbocycles. The molecule has 0 saturated carbocycles. The molecular formula is C11H16BrNO. The van der Waals surface area contributed by atoms with Crippen molar-refractivity contribution in [2.75, 3.05) is 0 Å². The predicted octanol–water partition coefficient (Wildman–Crippen LogP) is 2.71. The Kier molecular flexibility index (Phi) is 4.08. The van der Waals surface area contributed by atoms with E-state index in [-0.39, 0.29) is 12.0 Å². The van der Waals surface area contributed by atoms with E-state index < -0.39 is 0 Å². The molecular weight excluding hydrogens is 242 g/mol. The fourth-order valence-corrected chi connectivity index (χ4v) is 1.66. The number of hydrogen-bond donors (Lipinski definition) is 1. The quantitative estimate of drug-likeness (QED) is 0.904. The maximum atomic E-state index is 9.72. The minimum atomic E-state index is -0.303. The summed E-state index contributed by atoms with van der Waals surface area (Å²) in [7, 11) is 0. The summed E-state index contributed by atoms with van der Waals surface area (Å²) in [5.74, 6) is 0.278. The monoisotopic (exact) mass is 257 g/mol. The Morgan fingerprint density at radius 3 is 2.64 bits per heavy atom. The van der Waals surface area contributed by atoms with E-state index in [9.17, 15) is 5.11 Å². The maximum absolute atomic E-state index is 9.72. The maximum Gasteiger partial charge on any atom is 0.0618 e. The Labute approximate surface area is 93.5 Å². The van der Waals surface area contributed by atoms with Gasteiger partial charge in [0.2, 0.25) is 0 Å². The van der Waals surface area contributed by atoms with Crippen LogP contribution in [0.1, 0.15) is 25.1 Å². The van der Waals surface area contributed by atoms with Gasteiger partial charge < -0.3 is 5.11 Å². The first-order chi connectivity index (χ1) is 6.50. The van der Waals surface area contributed by atoms with Crippen LogP contribution in [-0.2, 0) is 6.42 Å². The number of aliphatic hydroxyl groups excluding tert-OH is 1. The van der Waals surface area contributed by atoms with Crippen LogP contribution in [0.2, 0.25) is 0 Å². The fourth-order valence-electron chi connectivity index (χ4n) is 1.22. The molecule has 1 unspecified atom stereocenters. The molecule has 0 bridgehead atoms. The van der Waals surface area contributed by atoms with Crippen molar-refractivity contribution in [2.45, 2.75) is 33.3 Å². The van der Waals surface area contributed by atoms with Crippen molar-refractivity contribution in [1.82, 2.24) is 4.98 Å². The zero-order chi connectivity index (χ0) is 10.7. The van der Waals surface area contributed by atoms with E-state index >= 15 is 0 Å². The molecule has 0 spiro atoms. The van der Waals surface area contributed by atoms with E-state index in [2.05, 4.69) is 20.9 Å². The van der Waals surface area contributed by atoms with Crippen molar-refractivity contribution in [1.29, 1.82) is 0 Å². The molecule has 0 radical (unpaired) electrons. The predicted molar refractivity (Wildman–Crippen MR) is 61.2 cm³/mol. The molecule has 1 N–H and O–H groups in total. The summed E-state index contributed by atoms with van der Waals surface area (Å²) in [6, 6.07) is 2.02. The van der Waals surface area contributed by atoms with E-state index in [1.807, 2.05) is 26.8 Å². The van der Waals surface area contributed by atoms with E-state index in [0.29, 0.717) is 6.42 Å². The minimum absolute atomic E-state index is 0.278. The number of halogens is 1. The largest absolute Gasteiger partial charge is 0.392 e. The van der Waals surface area contributed by atoms with Gasteiger partial charge in [-0.2, -0.15) is 0 Å². The zero-order valence-corrected chi connectivity index (χ0v) is 10.4. The topological polar surface area (TPSA) is 33.1 Å². The van der Waals surface area contributed by atoms with Crippen molar-refractivity contribution in [3.8, 4) is 0 Å². The van der Waals surface area contributed by atoms with Gasteiger partial charge in [-0.3, -0.25) is 4.98 Å². The molecule has 1 atom stereocenters. The molecule has 0 aliphatic rings. The fraction of sp³-hybridized carbons (Fsp3) is 0.545. The summed E-state index contributed by atoms with van der Waals surface area (Å²) in [4.78, 5) is 4.29. The molecule has 3 heteroatoms. The van der Waals surface area contributed by atoms with Crippen molar-refractivity contribution in [2.24, 2.45) is 5.92 Å². The molecule has 0 saturated heterocycles. The number of rotatable bonds is 3. The van der Waals surface area contributed by atoms with Gasteiger partial charge in [0, 0.05) is 22.8 Å². The highest BCUT2D eigenvalue weighted by Gasteiger charge is 2.12. The lowest BCUT2D eigenvalue weighted by Gasteiger charge is -2.14. The third-order valence-corrected chi connectivity index (χ3v) is 2.76. The van der Waals surface area contributed by atoms with E-state index in [1.54, 1.807) is 6.20 Å². The van der Waals surface area contributed by atoms with Crippen LogP contribution in [0.3, 0.4) is 0 Å². The summed E-state index contributed by atoms with van der Waals surface area (Å²) in [6.45, 7) is 6.04. The van der Waals surface area contributed by atoms with Crippen LogP contribution < -0.4 is 0 Å². The first-order valence-electron chi connectivity index (χ1n) is 4.79. The zero-order valence-electron chi connectivity index (χ0n) is 8.79. The Bertz CT molecular complexity index is 312. The molecule has 14 heavy (non-hydrogen) atoms. The highest BCUT2D eigenvalue weighted by atomic mass is 79.9. The van der Waals surface area contributed by atoms with Crippen LogP contribution in [0.25, 0.3) is 0 Å². The standard InChI is InChI=1S/C11H16BrNO/c1-7(2)11(14)5-10-8(3)4-9(12)6-13-10/h4,6-7,11,14H,5H2,1-3H3. The summed E-state index contributed by atoms with van der Waals surface area (Å²) in [6.07, 6.45) is 2.11. The lowest BCUT2D eigenvalue weighted by atomic mass is 10.0. The van der Waals surface area contributed by atoms with Gasteiger partial charge >= 0.3 is 0 Å². The first-order valence-corrected chi connectivity index (χ1v) is 5.59. The smallest absolute Gasteiger partial charge is 0.0618 e. The second-order valence-electron chi connectivity index (χ2n) is 3.93. The summed E-state index contributed by atoms with van der Waals surface area (Å²) in [5, 5.41) is 9.72. The van der Waals surface area contributed by atoms with Crippen LogP contribution >= 0.6 is 15.9 Å². The minimum Gasteiger partial charge on any atom is -0.392 e. The lowest BCUT2D eigenvalue weighted by Crippen LogP contribution is -2.18. The summed E-state index contributed by atoms with van der Waals surface area (Å²) in [5.41, 5.74) is 2.11. The summed E-state index contributed by atoms with van der Waals surface area (Å²) >= 11 is 3.37. The SMILES string of the molecule is Cc1cc(Br)cnc1CC(O)C(C)C. The molecule has 1 aromatic rings. The van der Waals surface area contributed by atoms with Gasteiger partial charge in [0.15, 0.2) is 0 Å². The molecule has 2 nitrogen and oxygen atoms in total. The summed E-state index contributed by atoms with van der Waals surface area (Å²) < 4.78 is 0.984. The molecule has 0 fully saturated rings. The normalized spacial score (nSPS) is 13.3. The number of aromatic nitrogens is 1. The molecule has 0 amide bonds. The average Bonchev–Trinajstić information content (AvgIpc) is 2.09. The third-order valence-electron chi connectivity index (χ3n) is 2.33. The highest BCUT2D eigenvalue weighted by molar-refractivity contribution is 9.10. The Balaban J connectivity index is 2.77. The van der Waals surface area contributed by atoms with Gasteiger partial charge in [-0.25, -0.2) is 0 Å². The van der Waals surface area contributed by atoms with Crippen LogP contribution in [0.15, 0.2) is 16.7 Å². The highest BCUT2D eigenvalue weighted by Crippen LogP contribution is 2.16. The molecule has 1 heterocycles. The van der Waals surface area contributed by atoms with Gasteiger partial charge in [-0.1, -0.05) is 13.8 Å². The number of hydrogen-bond acceptors (Lipinski definition) is 2. The van der Waals surface area contributed by atoms with Crippen LogP contribution in [0.4, 0.5) is 0 Å². The number of nitrogens with zero attached hydrogens (tertiary/aromatic N) is 1. The molecule has 1 rings (SSSR count). The van der Waals surface area contributed by atoms with Crippen molar-refractivity contribution in [3.05, 3.63) is 28.0 Å². The van der Waals surface area contributed by atoms with E-state index in [4.69, 9.17) is 0 Å². The Hall–Kier alpha value is -0.410. The van der Waals surface area contributed by atoms with Gasteiger partial charge in [0.1, 0.15) is 0 Å². The van der Waals surface area contributed by atoms with Crippen molar-refractivity contribution >= 4 is 15.9 Å². The molecule has 0 aliphatic heterocycles. The van der Waals surface area contributed by atoms with E-state index in [0.717, 1.165) is 15.7 Å². The third kappa shape index (κ3) is 3.07. The van der Waals surface area contributed by atoms with Crippen LogP contribution in [0.5, 0.6) is 0 Å². The number of pyridine rings is 1. The Morgan fingerprint density at radius 2 is 2.14 bits per heavy atom.